The fraction of sp³-hybridized carbons (Fsp3) is 0.357. The second-order valence-corrected chi connectivity index (χ2v) is 4.06. The van der Waals surface area contributed by atoms with Gasteiger partial charge in [-0.3, -0.25) is 0 Å². The molecule has 0 aromatic heterocycles. The van der Waals surface area contributed by atoms with Gasteiger partial charge in [-0.2, -0.15) is 0 Å². The lowest BCUT2D eigenvalue weighted by molar-refractivity contribution is 0.684. The van der Waals surface area contributed by atoms with Crippen molar-refractivity contribution in [3.63, 3.8) is 0 Å². The Labute approximate surface area is 91.3 Å². The maximum Gasteiger partial charge on any atom is 0.0611 e. The van der Waals surface area contributed by atoms with Crippen molar-refractivity contribution in [1.29, 1.82) is 5.41 Å². The van der Waals surface area contributed by atoms with E-state index in [2.05, 4.69) is 18.2 Å². The topological polar surface area (TPSA) is 23.9 Å². The molecule has 0 fully saturated rings. The molecule has 1 aromatic carbocycles. The highest BCUT2D eigenvalue weighted by molar-refractivity contribution is 6.07. The number of allylic oxidation sites excluding steroid dienone is 2. The molecule has 0 heterocycles. The van der Waals surface area contributed by atoms with Gasteiger partial charge in [-0.1, -0.05) is 24.3 Å². The summed E-state index contributed by atoms with van der Waals surface area (Å²) in [7, 11) is 0. The monoisotopic (exact) mass is 199 g/mol. The Morgan fingerprint density at radius 3 is 2.87 bits per heavy atom. The van der Waals surface area contributed by atoms with E-state index in [1.54, 1.807) is 0 Å². The molecular weight excluding hydrogens is 182 g/mol. The van der Waals surface area contributed by atoms with Crippen LogP contribution in [0.5, 0.6) is 0 Å². The molecule has 0 amide bonds. The second-order valence-electron chi connectivity index (χ2n) is 4.06. The molecule has 0 saturated carbocycles. The Kier molecular flexibility index (Phi) is 3.00. The van der Waals surface area contributed by atoms with Crippen LogP contribution in [0.4, 0.5) is 0 Å². The summed E-state index contributed by atoms with van der Waals surface area (Å²) in [6, 6.07) is 6.37. The first-order chi connectivity index (χ1) is 7.33. The van der Waals surface area contributed by atoms with E-state index in [9.17, 15) is 0 Å². The summed E-state index contributed by atoms with van der Waals surface area (Å²) in [5.41, 5.74) is 4.64. The largest absolute Gasteiger partial charge is 0.300 e. The second kappa shape index (κ2) is 4.43. The zero-order chi connectivity index (χ0) is 10.7. The van der Waals surface area contributed by atoms with Gasteiger partial charge in [0.05, 0.1) is 5.71 Å². The van der Waals surface area contributed by atoms with E-state index in [0.29, 0.717) is 5.71 Å². The highest BCUT2D eigenvalue weighted by atomic mass is 14.4. The smallest absolute Gasteiger partial charge is 0.0611 e. The van der Waals surface area contributed by atoms with Crippen molar-refractivity contribution >= 4 is 5.71 Å². The minimum Gasteiger partial charge on any atom is -0.300 e. The quantitative estimate of drug-likeness (QED) is 0.705. The van der Waals surface area contributed by atoms with E-state index < -0.39 is 0 Å². The van der Waals surface area contributed by atoms with Crippen LogP contribution in [0.2, 0.25) is 0 Å². The minimum absolute atomic E-state index is 0.649. The van der Waals surface area contributed by atoms with Crippen LogP contribution in [-0.2, 0) is 12.8 Å². The average molecular weight is 199 g/mol. The van der Waals surface area contributed by atoms with Gasteiger partial charge in [0.15, 0.2) is 0 Å². The number of rotatable bonds is 2. The van der Waals surface area contributed by atoms with Crippen LogP contribution in [0.3, 0.4) is 0 Å². The predicted octanol–water partition coefficient (Wildman–Crippen LogP) is 3.51. The van der Waals surface area contributed by atoms with Crippen molar-refractivity contribution in [3.8, 4) is 0 Å². The Morgan fingerprint density at radius 1 is 1.27 bits per heavy atom. The third-order valence-corrected chi connectivity index (χ3v) is 3.02. The summed E-state index contributed by atoms with van der Waals surface area (Å²) in [5, 5.41) is 7.98. The standard InChI is InChI=1S/C14H17N/c1-2-6-14(15)13-10-5-8-11-7-3-4-9-12(11)13/h2,5-6,8,10,15H,3-4,7,9H2,1H3/b6-2-,15-14?. The number of fused-ring (bicyclic) bond motifs is 1. The van der Waals surface area contributed by atoms with Crippen LogP contribution in [-0.4, -0.2) is 5.71 Å². The SMILES string of the molecule is C/C=C\C(=N)c1cccc2c1CCCC2. The number of hydrogen-bond acceptors (Lipinski definition) is 1. The molecular formula is C14H17N. The third kappa shape index (κ3) is 2.01. The van der Waals surface area contributed by atoms with Gasteiger partial charge in [0.1, 0.15) is 0 Å². The Balaban J connectivity index is 2.43. The van der Waals surface area contributed by atoms with Crippen molar-refractivity contribution in [2.75, 3.05) is 0 Å². The number of nitrogens with one attached hydrogen (secondary N) is 1. The molecule has 15 heavy (non-hydrogen) atoms. The van der Waals surface area contributed by atoms with Gasteiger partial charge in [-0.25, -0.2) is 0 Å². The molecule has 1 aliphatic rings. The lowest BCUT2D eigenvalue weighted by Crippen LogP contribution is -2.09. The third-order valence-electron chi connectivity index (χ3n) is 3.02. The van der Waals surface area contributed by atoms with Crippen LogP contribution in [0.25, 0.3) is 0 Å². The Hall–Kier alpha value is -1.37. The summed E-state index contributed by atoms with van der Waals surface area (Å²) >= 11 is 0. The zero-order valence-electron chi connectivity index (χ0n) is 9.22. The molecule has 1 aromatic rings. The molecule has 1 N–H and O–H groups in total. The lowest BCUT2D eigenvalue weighted by atomic mass is 9.87. The first kappa shape index (κ1) is 10.2. The molecule has 0 atom stereocenters. The van der Waals surface area contributed by atoms with Gasteiger partial charge in [0, 0.05) is 5.56 Å². The minimum atomic E-state index is 0.649. The first-order valence-corrected chi connectivity index (χ1v) is 5.65. The summed E-state index contributed by atoms with van der Waals surface area (Å²) in [4.78, 5) is 0. The van der Waals surface area contributed by atoms with Crippen molar-refractivity contribution < 1.29 is 0 Å². The van der Waals surface area contributed by atoms with Crippen molar-refractivity contribution in [3.05, 3.63) is 47.0 Å². The van der Waals surface area contributed by atoms with E-state index in [1.165, 1.54) is 30.4 Å². The maximum absolute atomic E-state index is 7.98. The Morgan fingerprint density at radius 2 is 2.07 bits per heavy atom. The van der Waals surface area contributed by atoms with Crippen molar-refractivity contribution in [1.82, 2.24) is 0 Å². The molecule has 0 saturated heterocycles. The van der Waals surface area contributed by atoms with Gasteiger partial charge < -0.3 is 5.41 Å². The van der Waals surface area contributed by atoms with Crippen LogP contribution in [0, 0.1) is 5.41 Å². The molecule has 0 spiro atoms. The van der Waals surface area contributed by atoms with Crippen molar-refractivity contribution in [2.24, 2.45) is 0 Å². The molecule has 0 unspecified atom stereocenters. The highest BCUT2D eigenvalue weighted by Crippen LogP contribution is 2.24. The van der Waals surface area contributed by atoms with E-state index in [1.807, 2.05) is 19.1 Å². The fourth-order valence-electron chi connectivity index (χ4n) is 2.29. The number of benzene rings is 1. The van der Waals surface area contributed by atoms with E-state index >= 15 is 0 Å². The summed E-state index contributed by atoms with van der Waals surface area (Å²) in [6.07, 6.45) is 8.72. The van der Waals surface area contributed by atoms with Gasteiger partial charge in [-0.15, -0.1) is 0 Å². The maximum atomic E-state index is 7.98. The predicted molar refractivity (Wildman–Crippen MR) is 64.7 cm³/mol. The van der Waals surface area contributed by atoms with E-state index in [4.69, 9.17) is 5.41 Å². The van der Waals surface area contributed by atoms with Crippen LogP contribution < -0.4 is 0 Å². The molecule has 78 valence electrons. The van der Waals surface area contributed by atoms with Crippen LogP contribution in [0.1, 0.15) is 36.5 Å². The Bertz CT molecular complexity index is 402. The fourth-order valence-corrected chi connectivity index (χ4v) is 2.29. The molecule has 0 aliphatic heterocycles. The van der Waals surface area contributed by atoms with Crippen LogP contribution in [0.15, 0.2) is 30.4 Å². The molecule has 1 aliphatic carbocycles. The molecule has 1 heteroatoms. The van der Waals surface area contributed by atoms with Crippen LogP contribution >= 0.6 is 0 Å². The van der Waals surface area contributed by atoms with E-state index in [0.717, 1.165) is 12.0 Å². The summed E-state index contributed by atoms with van der Waals surface area (Å²) < 4.78 is 0. The number of aryl methyl sites for hydroxylation is 1. The van der Waals surface area contributed by atoms with Gasteiger partial charge >= 0.3 is 0 Å². The molecule has 0 bridgehead atoms. The van der Waals surface area contributed by atoms with Crippen molar-refractivity contribution in [2.45, 2.75) is 32.6 Å². The summed E-state index contributed by atoms with van der Waals surface area (Å²) in [5.74, 6) is 0. The average Bonchev–Trinajstić information content (AvgIpc) is 2.28. The molecule has 2 rings (SSSR count). The van der Waals surface area contributed by atoms with Gasteiger partial charge in [0.25, 0.3) is 0 Å². The molecule has 1 nitrogen and oxygen atoms in total. The molecule has 0 radical (unpaired) electrons. The lowest BCUT2D eigenvalue weighted by Gasteiger charge is -2.18. The first-order valence-electron chi connectivity index (χ1n) is 5.65. The van der Waals surface area contributed by atoms with Gasteiger partial charge in [0.2, 0.25) is 0 Å². The highest BCUT2D eigenvalue weighted by Gasteiger charge is 2.13. The normalized spacial score (nSPS) is 15.3. The summed E-state index contributed by atoms with van der Waals surface area (Å²) in [6.45, 7) is 1.96. The van der Waals surface area contributed by atoms with E-state index in [-0.39, 0.29) is 0 Å². The number of hydrogen-bond donors (Lipinski definition) is 1. The zero-order valence-corrected chi connectivity index (χ0v) is 9.22. The van der Waals surface area contributed by atoms with Gasteiger partial charge in [-0.05, 0) is 49.8 Å².